The molecule has 1 N–H and O–H groups in total. The van der Waals surface area contributed by atoms with Gasteiger partial charge in [-0.3, -0.25) is 4.79 Å². The standard InChI is InChI=1S/C21H13BrCl2N2O3/c22-18-4-2-1-3-16(18)21(28)29-15-8-5-13(6-9-15)12-25-26-20(27)17-10-7-14(23)11-19(17)24/h1-12H,(H,26,27)/b25-12-. The Hall–Kier alpha value is -2.67. The minimum Gasteiger partial charge on any atom is -0.423 e. The third-order valence-electron chi connectivity index (χ3n) is 3.74. The lowest BCUT2D eigenvalue weighted by atomic mass is 10.2. The highest BCUT2D eigenvalue weighted by Crippen LogP contribution is 2.21. The number of carbonyl (C=O) groups excluding carboxylic acids is 2. The van der Waals surface area contributed by atoms with Crippen LogP contribution in [0.25, 0.3) is 0 Å². The highest BCUT2D eigenvalue weighted by molar-refractivity contribution is 9.10. The van der Waals surface area contributed by atoms with Gasteiger partial charge in [0.2, 0.25) is 0 Å². The average molecular weight is 492 g/mol. The molecule has 0 saturated heterocycles. The number of hydrogen-bond acceptors (Lipinski definition) is 4. The van der Waals surface area contributed by atoms with E-state index in [1.807, 2.05) is 6.07 Å². The molecule has 0 atom stereocenters. The lowest BCUT2D eigenvalue weighted by Gasteiger charge is -2.06. The number of halogens is 3. The molecule has 0 fully saturated rings. The highest BCUT2D eigenvalue weighted by atomic mass is 79.9. The van der Waals surface area contributed by atoms with Crippen molar-refractivity contribution in [3.8, 4) is 5.75 Å². The molecule has 5 nitrogen and oxygen atoms in total. The molecule has 8 heteroatoms. The second-order valence-corrected chi connectivity index (χ2v) is 7.46. The molecular formula is C21H13BrCl2N2O3. The lowest BCUT2D eigenvalue weighted by molar-refractivity contribution is 0.0733. The van der Waals surface area contributed by atoms with E-state index in [4.69, 9.17) is 27.9 Å². The van der Waals surface area contributed by atoms with E-state index in [2.05, 4.69) is 26.5 Å². The van der Waals surface area contributed by atoms with Crippen molar-refractivity contribution in [3.05, 3.63) is 97.9 Å². The molecule has 0 spiro atoms. The molecule has 0 heterocycles. The Labute approximate surface area is 185 Å². The quantitative estimate of drug-likeness (QED) is 0.214. The minimum atomic E-state index is -0.467. The van der Waals surface area contributed by atoms with Crippen molar-refractivity contribution in [1.29, 1.82) is 0 Å². The molecule has 0 unspecified atom stereocenters. The number of carbonyl (C=O) groups is 2. The normalized spacial score (nSPS) is 10.7. The van der Waals surface area contributed by atoms with Gasteiger partial charge >= 0.3 is 5.97 Å². The largest absolute Gasteiger partial charge is 0.423 e. The van der Waals surface area contributed by atoms with Crippen LogP contribution >= 0.6 is 39.1 Å². The van der Waals surface area contributed by atoms with Crippen LogP contribution in [0.4, 0.5) is 0 Å². The Morgan fingerprint density at radius 1 is 0.966 bits per heavy atom. The van der Waals surface area contributed by atoms with Gasteiger partial charge in [-0.05, 0) is 76.1 Å². The summed E-state index contributed by atoms with van der Waals surface area (Å²) in [5, 5.41) is 4.58. The Kier molecular flexibility index (Phi) is 7.04. The first kappa shape index (κ1) is 21.0. The van der Waals surface area contributed by atoms with Crippen molar-refractivity contribution in [2.24, 2.45) is 5.10 Å². The zero-order valence-corrected chi connectivity index (χ0v) is 17.8. The van der Waals surface area contributed by atoms with E-state index in [-0.39, 0.29) is 10.6 Å². The zero-order chi connectivity index (χ0) is 20.8. The van der Waals surface area contributed by atoms with E-state index in [0.717, 1.165) is 0 Å². The van der Waals surface area contributed by atoms with E-state index < -0.39 is 11.9 Å². The molecule has 0 bridgehead atoms. The summed E-state index contributed by atoms with van der Waals surface area (Å²) in [4.78, 5) is 24.3. The highest BCUT2D eigenvalue weighted by Gasteiger charge is 2.12. The van der Waals surface area contributed by atoms with Crippen LogP contribution < -0.4 is 10.2 Å². The summed E-state index contributed by atoms with van der Waals surface area (Å²) < 4.78 is 6.01. The zero-order valence-electron chi connectivity index (χ0n) is 14.7. The molecule has 0 aromatic heterocycles. The third kappa shape index (κ3) is 5.67. The van der Waals surface area contributed by atoms with E-state index >= 15 is 0 Å². The number of nitrogens with zero attached hydrogens (tertiary/aromatic N) is 1. The van der Waals surface area contributed by atoms with Gasteiger partial charge in [-0.25, -0.2) is 10.2 Å². The van der Waals surface area contributed by atoms with Crippen LogP contribution in [-0.4, -0.2) is 18.1 Å². The Balaban J connectivity index is 1.59. The fourth-order valence-electron chi connectivity index (χ4n) is 2.31. The molecule has 146 valence electrons. The van der Waals surface area contributed by atoms with E-state index in [1.54, 1.807) is 48.5 Å². The maximum Gasteiger partial charge on any atom is 0.344 e. The summed E-state index contributed by atoms with van der Waals surface area (Å²) in [5.74, 6) is -0.534. The van der Waals surface area contributed by atoms with Crippen molar-refractivity contribution in [3.63, 3.8) is 0 Å². The first-order valence-corrected chi connectivity index (χ1v) is 9.84. The predicted molar refractivity (Wildman–Crippen MR) is 117 cm³/mol. The summed E-state index contributed by atoms with van der Waals surface area (Å²) in [6, 6.07) is 18.2. The van der Waals surface area contributed by atoms with Gasteiger partial charge in [-0.2, -0.15) is 5.10 Å². The molecule has 29 heavy (non-hydrogen) atoms. The Morgan fingerprint density at radius 3 is 2.38 bits per heavy atom. The second kappa shape index (κ2) is 9.69. The fraction of sp³-hybridized carbons (Fsp3) is 0. The van der Waals surface area contributed by atoms with Gasteiger partial charge in [0.25, 0.3) is 5.91 Å². The second-order valence-electron chi connectivity index (χ2n) is 5.76. The van der Waals surface area contributed by atoms with Crippen molar-refractivity contribution in [2.45, 2.75) is 0 Å². The minimum absolute atomic E-state index is 0.237. The maximum atomic E-state index is 12.2. The molecule has 3 aromatic rings. The van der Waals surface area contributed by atoms with Crippen LogP contribution in [0.1, 0.15) is 26.3 Å². The average Bonchev–Trinajstić information content (AvgIpc) is 2.69. The van der Waals surface area contributed by atoms with Gasteiger partial charge in [0, 0.05) is 9.50 Å². The molecule has 0 aliphatic heterocycles. The van der Waals surface area contributed by atoms with Gasteiger partial charge in [0.05, 0.1) is 22.4 Å². The lowest BCUT2D eigenvalue weighted by Crippen LogP contribution is -2.18. The molecule has 3 aromatic carbocycles. The monoisotopic (exact) mass is 490 g/mol. The molecular weight excluding hydrogens is 479 g/mol. The smallest absolute Gasteiger partial charge is 0.344 e. The van der Waals surface area contributed by atoms with Crippen LogP contribution in [0.3, 0.4) is 0 Å². The summed E-state index contributed by atoms with van der Waals surface area (Å²) in [6.45, 7) is 0. The first-order valence-electron chi connectivity index (χ1n) is 8.29. The van der Waals surface area contributed by atoms with Gasteiger partial charge in [-0.15, -0.1) is 0 Å². The molecule has 0 saturated carbocycles. The van der Waals surface area contributed by atoms with Crippen LogP contribution in [0.5, 0.6) is 5.75 Å². The molecule has 1 amide bonds. The number of benzene rings is 3. The Bertz CT molecular complexity index is 1090. The predicted octanol–water partition coefficient (Wildman–Crippen LogP) is 5.74. The van der Waals surface area contributed by atoms with Crippen molar-refractivity contribution < 1.29 is 14.3 Å². The van der Waals surface area contributed by atoms with Gasteiger partial charge < -0.3 is 4.74 Å². The SMILES string of the molecule is O=C(N/N=C\c1ccc(OC(=O)c2ccccc2Br)cc1)c1ccc(Cl)cc1Cl. The number of nitrogens with one attached hydrogen (secondary N) is 1. The number of rotatable bonds is 5. The molecule has 3 rings (SSSR count). The van der Waals surface area contributed by atoms with E-state index in [9.17, 15) is 9.59 Å². The topological polar surface area (TPSA) is 67.8 Å². The van der Waals surface area contributed by atoms with Crippen LogP contribution in [0, 0.1) is 0 Å². The fourth-order valence-corrected chi connectivity index (χ4v) is 3.25. The number of amides is 1. The van der Waals surface area contributed by atoms with Crippen molar-refractivity contribution >= 4 is 57.2 Å². The number of hydrogen-bond donors (Lipinski definition) is 1. The van der Waals surface area contributed by atoms with E-state index in [0.29, 0.717) is 26.4 Å². The number of esters is 1. The number of ether oxygens (including phenoxy) is 1. The van der Waals surface area contributed by atoms with Gasteiger partial charge in [0.1, 0.15) is 5.75 Å². The molecule has 0 radical (unpaired) electrons. The van der Waals surface area contributed by atoms with Crippen molar-refractivity contribution in [1.82, 2.24) is 5.43 Å². The summed E-state index contributed by atoms with van der Waals surface area (Å²) in [6.07, 6.45) is 1.46. The maximum absolute atomic E-state index is 12.2. The molecule has 0 aliphatic carbocycles. The summed E-state index contributed by atoms with van der Waals surface area (Å²) >= 11 is 15.1. The summed E-state index contributed by atoms with van der Waals surface area (Å²) in [5.41, 5.74) is 3.80. The Morgan fingerprint density at radius 2 is 1.69 bits per heavy atom. The van der Waals surface area contributed by atoms with Crippen LogP contribution in [0.2, 0.25) is 10.0 Å². The van der Waals surface area contributed by atoms with E-state index in [1.165, 1.54) is 18.3 Å². The summed E-state index contributed by atoms with van der Waals surface area (Å²) in [7, 11) is 0. The number of hydrazone groups is 1. The van der Waals surface area contributed by atoms with Crippen LogP contribution in [0.15, 0.2) is 76.3 Å². The van der Waals surface area contributed by atoms with Gasteiger partial charge in [-0.1, -0.05) is 35.3 Å². The van der Waals surface area contributed by atoms with Crippen LogP contribution in [-0.2, 0) is 0 Å². The molecule has 0 aliphatic rings. The van der Waals surface area contributed by atoms with Gasteiger partial charge in [0.15, 0.2) is 0 Å². The third-order valence-corrected chi connectivity index (χ3v) is 4.98. The van der Waals surface area contributed by atoms with Crippen molar-refractivity contribution in [2.75, 3.05) is 0 Å². The first-order chi connectivity index (χ1) is 13.9.